The number of nitrogens with zero attached hydrogens (tertiary/aromatic N) is 1. The Kier molecular flexibility index (Phi) is 10.6. The van der Waals surface area contributed by atoms with E-state index in [2.05, 4.69) is 0 Å². The fourth-order valence-corrected chi connectivity index (χ4v) is 5.38. The van der Waals surface area contributed by atoms with Gasteiger partial charge >= 0.3 is 12.1 Å². The van der Waals surface area contributed by atoms with Crippen molar-refractivity contribution in [1.29, 1.82) is 0 Å². The van der Waals surface area contributed by atoms with E-state index in [0.717, 1.165) is 36.9 Å². The molecule has 0 saturated heterocycles. The van der Waals surface area contributed by atoms with Crippen LogP contribution in [0.25, 0.3) is 5.57 Å². The van der Waals surface area contributed by atoms with Gasteiger partial charge in [-0.2, -0.15) is 0 Å². The number of carboxylic acid groups (broad SMARTS) is 1. The van der Waals surface area contributed by atoms with E-state index in [1.165, 1.54) is 6.08 Å². The van der Waals surface area contributed by atoms with Crippen molar-refractivity contribution in [1.82, 2.24) is 4.90 Å². The quantitative estimate of drug-likeness (QED) is 0.276. The maximum absolute atomic E-state index is 15.5. The Morgan fingerprint density at radius 2 is 1.59 bits per heavy atom. The Morgan fingerprint density at radius 1 is 0.977 bits per heavy atom. The average Bonchev–Trinajstić information content (AvgIpc) is 2.92. The molecule has 1 amide bonds. The fraction of sp³-hybridized carbons (Fsp3) is 0.500. The lowest BCUT2D eigenvalue weighted by atomic mass is 9.73. The molecule has 0 N–H and O–H groups in total. The number of halogens is 3. The van der Waals surface area contributed by atoms with Gasteiger partial charge in [0.2, 0.25) is 0 Å². The summed E-state index contributed by atoms with van der Waals surface area (Å²) in [6.07, 6.45) is -1.07. The molecule has 2 atom stereocenters. The number of allylic oxidation sites excluding steroid dienone is 2. The van der Waals surface area contributed by atoms with Crippen LogP contribution in [-0.2, 0) is 32.1 Å². The topological polar surface area (TPSA) is 96.0 Å². The number of hydrogen-bond donors (Lipinski definition) is 0. The zero-order valence-corrected chi connectivity index (χ0v) is 26.1. The molecule has 10 heteroatoms. The molecule has 1 aliphatic rings. The van der Waals surface area contributed by atoms with Crippen LogP contribution in [0.5, 0.6) is 0 Å². The van der Waals surface area contributed by atoms with Crippen LogP contribution >= 0.6 is 0 Å². The van der Waals surface area contributed by atoms with Gasteiger partial charge in [0.1, 0.15) is 23.4 Å². The Balaban J connectivity index is 2.07. The van der Waals surface area contributed by atoms with E-state index in [4.69, 9.17) is 9.47 Å². The molecular formula is C34H41F3NO6-. The average molecular weight is 617 g/mol. The molecule has 0 aliphatic heterocycles. The highest BCUT2D eigenvalue weighted by atomic mass is 19.3. The highest BCUT2D eigenvalue weighted by molar-refractivity contribution is 5.90. The maximum Gasteiger partial charge on any atom is 0.410 e. The fourth-order valence-electron chi connectivity index (χ4n) is 5.38. The summed E-state index contributed by atoms with van der Waals surface area (Å²) in [7, 11) is 1.14. The van der Waals surface area contributed by atoms with Gasteiger partial charge in [0.15, 0.2) is 0 Å². The number of rotatable bonds is 11. The highest BCUT2D eigenvalue weighted by Gasteiger charge is 2.54. The van der Waals surface area contributed by atoms with Gasteiger partial charge in [0, 0.05) is 26.3 Å². The van der Waals surface area contributed by atoms with Crippen LogP contribution in [0, 0.1) is 5.92 Å². The van der Waals surface area contributed by atoms with E-state index in [-0.39, 0.29) is 32.3 Å². The Morgan fingerprint density at radius 3 is 2.09 bits per heavy atom. The number of carbonyl (C=O) groups is 3. The van der Waals surface area contributed by atoms with Crippen molar-refractivity contribution >= 4 is 23.6 Å². The number of carboxylic acids is 1. The van der Waals surface area contributed by atoms with E-state index in [1.807, 2.05) is 0 Å². The predicted octanol–water partition coefficient (Wildman–Crippen LogP) is 6.29. The molecule has 44 heavy (non-hydrogen) atoms. The second kappa shape index (κ2) is 13.4. The third kappa shape index (κ3) is 9.09. The summed E-state index contributed by atoms with van der Waals surface area (Å²) in [5.41, 5.74) is -3.12. The molecule has 0 radical (unpaired) electrons. The number of esters is 1. The number of alkyl halides is 3. The van der Waals surface area contributed by atoms with Gasteiger partial charge in [0.25, 0.3) is 5.92 Å². The molecule has 7 nitrogen and oxygen atoms in total. The van der Waals surface area contributed by atoms with E-state index >= 15 is 4.39 Å². The second-order valence-corrected chi connectivity index (χ2v) is 13.0. The van der Waals surface area contributed by atoms with E-state index in [0.29, 0.717) is 11.1 Å². The summed E-state index contributed by atoms with van der Waals surface area (Å²) in [6.45, 7) is 6.89. The van der Waals surface area contributed by atoms with Crippen LogP contribution in [0.2, 0.25) is 0 Å². The van der Waals surface area contributed by atoms with E-state index < -0.39 is 53.1 Å². The molecule has 1 aliphatic carbocycles. The highest BCUT2D eigenvalue weighted by Crippen LogP contribution is 2.39. The molecule has 0 unspecified atom stereocenters. The van der Waals surface area contributed by atoms with Crippen molar-refractivity contribution in [2.24, 2.45) is 5.92 Å². The summed E-state index contributed by atoms with van der Waals surface area (Å²) in [6, 6.07) is 15.4. The third-order valence-corrected chi connectivity index (χ3v) is 7.57. The van der Waals surface area contributed by atoms with E-state index in [9.17, 15) is 28.3 Å². The first-order valence-corrected chi connectivity index (χ1v) is 14.6. The molecular weight excluding hydrogens is 575 g/mol. The summed E-state index contributed by atoms with van der Waals surface area (Å²) in [4.78, 5) is 41.0. The minimum absolute atomic E-state index is 0.188. The number of benzene rings is 2. The zero-order valence-electron chi connectivity index (χ0n) is 26.1. The molecule has 2 aromatic carbocycles. The molecule has 2 aromatic rings. The third-order valence-electron chi connectivity index (χ3n) is 7.57. The first-order chi connectivity index (χ1) is 20.3. The van der Waals surface area contributed by atoms with Crippen LogP contribution in [0.1, 0.15) is 77.0 Å². The van der Waals surface area contributed by atoms with Gasteiger partial charge in [-0.15, -0.1) is 0 Å². The first kappa shape index (κ1) is 34.7. The van der Waals surface area contributed by atoms with Gasteiger partial charge in [-0.3, -0.25) is 9.69 Å². The van der Waals surface area contributed by atoms with Crippen molar-refractivity contribution in [2.45, 2.75) is 96.1 Å². The number of hydrogen-bond acceptors (Lipinski definition) is 6. The van der Waals surface area contributed by atoms with Crippen LogP contribution in [0.4, 0.5) is 18.0 Å². The number of ether oxygens (including phenoxy) is 2. The summed E-state index contributed by atoms with van der Waals surface area (Å²) >= 11 is 0. The van der Waals surface area contributed by atoms with Gasteiger partial charge in [0.05, 0.1) is 11.9 Å². The summed E-state index contributed by atoms with van der Waals surface area (Å²) in [5.74, 6) is -7.18. The van der Waals surface area contributed by atoms with Crippen LogP contribution in [0.15, 0.2) is 60.7 Å². The van der Waals surface area contributed by atoms with Gasteiger partial charge in [-0.1, -0.05) is 60.7 Å². The van der Waals surface area contributed by atoms with Crippen molar-refractivity contribution in [3.8, 4) is 0 Å². The van der Waals surface area contributed by atoms with Gasteiger partial charge in [-0.05, 0) is 69.7 Å². The lowest BCUT2D eigenvalue weighted by Gasteiger charge is -2.48. The van der Waals surface area contributed by atoms with Crippen molar-refractivity contribution in [3.05, 3.63) is 77.4 Å². The van der Waals surface area contributed by atoms with Crippen molar-refractivity contribution in [2.75, 3.05) is 7.05 Å². The Hall–Kier alpha value is -3.82. The standard InChI is InChI=1S/C34H42F3NO6/c1-31(2,3)44-30(42)38(6)34(29(40)41,22-32(4,5)35)27(28(39)43-21-24-10-8-7-9-11-24)20-23-12-14-25(15-13-23)26-16-18-33(36,37)19-17-26/h7-16,27H,17-22H2,1-6H3,(H,40,41)/p-1/t27-,34-/m0/s1. The molecule has 240 valence electrons. The largest absolute Gasteiger partial charge is 0.548 e. The SMILES string of the molecule is CN(C(=O)OC(C)(C)C)[C@](CC(C)(C)F)(C(=O)[O-])[C@@H](Cc1ccc(C2=CCC(F)(F)CC2)cc1)C(=O)OCc1ccccc1. The minimum atomic E-state index is -2.74. The predicted molar refractivity (Wildman–Crippen MR) is 158 cm³/mol. The van der Waals surface area contributed by atoms with Crippen molar-refractivity contribution < 1.29 is 42.1 Å². The molecule has 0 heterocycles. The van der Waals surface area contributed by atoms with Crippen LogP contribution in [0.3, 0.4) is 0 Å². The van der Waals surface area contributed by atoms with Crippen molar-refractivity contribution in [3.63, 3.8) is 0 Å². The number of carbonyl (C=O) groups excluding carboxylic acids is 3. The molecule has 3 rings (SSSR count). The smallest absolute Gasteiger partial charge is 0.410 e. The molecule has 0 bridgehead atoms. The normalized spacial score (nSPS) is 17.1. The lowest BCUT2D eigenvalue weighted by Crippen LogP contribution is -2.68. The zero-order chi connectivity index (χ0) is 32.9. The molecule has 0 saturated carbocycles. The molecule has 0 aromatic heterocycles. The van der Waals surface area contributed by atoms with Gasteiger partial charge in [-0.25, -0.2) is 18.0 Å². The number of amides is 1. The number of aliphatic carboxylic acids is 1. The summed E-state index contributed by atoms with van der Waals surface area (Å²) < 4.78 is 53.8. The minimum Gasteiger partial charge on any atom is -0.548 e. The summed E-state index contributed by atoms with van der Waals surface area (Å²) in [5, 5.41) is 13.1. The Labute approximate surface area is 257 Å². The monoisotopic (exact) mass is 616 g/mol. The Bertz CT molecular complexity index is 1350. The van der Waals surface area contributed by atoms with Crippen LogP contribution in [-0.4, -0.2) is 52.7 Å². The molecule has 0 spiro atoms. The van der Waals surface area contributed by atoms with Gasteiger partial charge < -0.3 is 19.4 Å². The first-order valence-electron chi connectivity index (χ1n) is 14.6. The second-order valence-electron chi connectivity index (χ2n) is 13.0. The molecule has 0 fully saturated rings. The lowest BCUT2D eigenvalue weighted by molar-refractivity contribution is -0.322. The van der Waals surface area contributed by atoms with Crippen LogP contribution < -0.4 is 5.11 Å². The maximum atomic E-state index is 15.5. The van der Waals surface area contributed by atoms with E-state index in [1.54, 1.807) is 75.4 Å². The number of likely N-dealkylation sites (N-methyl/N-ethyl adjacent to an activating group) is 1.